The number of imide groups is 1. The van der Waals surface area contributed by atoms with E-state index in [1.807, 2.05) is 42.5 Å². The number of halogens is 3. The predicted octanol–water partition coefficient (Wildman–Crippen LogP) is 7.16. The number of hydrogen-bond donors (Lipinski definition) is 0. The van der Waals surface area contributed by atoms with E-state index in [0.717, 1.165) is 45.2 Å². The molecule has 3 aromatic rings. The van der Waals surface area contributed by atoms with Crippen LogP contribution in [0, 0.1) is 7.14 Å². The predicted molar refractivity (Wildman–Crippen MR) is 154 cm³/mol. The van der Waals surface area contributed by atoms with Crippen LogP contribution in [0.2, 0.25) is 0 Å². The summed E-state index contributed by atoms with van der Waals surface area (Å²) in [4.78, 5) is 39.2. The Morgan fingerprint density at radius 1 is 1.00 bits per heavy atom. The highest BCUT2D eigenvalue weighted by Gasteiger charge is 2.36. The molecule has 1 fully saturated rings. The molecule has 0 aromatic heterocycles. The van der Waals surface area contributed by atoms with Gasteiger partial charge in [-0.25, -0.2) is 0 Å². The van der Waals surface area contributed by atoms with Crippen molar-refractivity contribution in [2.24, 2.45) is 0 Å². The van der Waals surface area contributed by atoms with Gasteiger partial charge in [0, 0.05) is 10.0 Å². The molecule has 172 valence electrons. The number of rotatable bonds is 7. The SMILES string of the molecule is O=C(CN1C(=O)S/C(=C/c2cc(I)c(OCc3ccccc3)c(I)c2)C1=O)c1ccc(Br)cc1. The van der Waals surface area contributed by atoms with Crippen LogP contribution >= 0.6 is 72.9 Å². The summed E-state index contributed by atoms with van der Waals surface area (Å²) in [7, 11) is 0. The van der Waals surface area contributed by atoms with Crippen molar-refractivity contribution in [2.45, 2.75) is 6.61 Å². The number of nitrogens with zero attached hydrogens (tertiary/aromatic N) is 1. The molecule has 0 unspecified atom stereocenters. The van der Waals surface area contributed by atoms with Crippen molar-refractivity contribution in [3.05, 3.63) is 99.9 Å². The molecule has 0 bridgehead atoms. The summed E-state index contributed by atoms with van der Waals surface area (Å²) < 4.78 is 8.66. The van der Waals surface area contributed by atoms with Gasteiger partial charge in [0.25, 0.3) is 11.1 Å². The van der Waals surface area contributed by atoms with Crippen molar-refractivity contribution in [3.63, 3.8) is 0 Å². The maximum atomic E-state index is 12.9. The fourth-order valence-electron chi connectivity index (χ4n) is 3.19. The van der Waals surface area contributed by atoms with E-state index in [1.165, 1.54) is 0 Å². The lowest BCUT2D eigenvalue weighted by Gasteiger charge is -2.12. The zero-order valence-electron chi connectivity index (χ0n) is 17.5. The van der Waals surface area contributed by atoms with Gasteiger partial charge in [-0.2, -0.15) is 0 Å². The first-order valence-corrected chi connectivity index (χ1v) is 13.8. The molecule has 9 heteroatoms. The number of benzene rings is 3. The number of hydrogen-bond acceptors (Lipinski definition) is 5. The first-order chi connectivity index (χ1) is 16.3. The van der Waals surface area contributed by atoms with E-state index in [9.17, 15) is 14.4 Å². The molecule has 1 saturated heterocycles. The minimum atomic E-state index is -0.463. The van der Waals surface area contributed by atoms with Gasteiger partial charge in [-0.3, -0.25) is 19.3 Å². The highest BCUT2D eigenvalue weighted by molar-refractivity contribution is 14.1. The minimum absolute atomic E-state index is 0.287. The van der Waals surface area contributed by atoms with Gasteiger partial charge in [0.1, 0.15) is 12.4 Å². The molecule has 34 heavy (non-hydrogen) atoms. The summed E-state index contributed by atoms with van der Waals surface area (Å²) in [5.41, 5.74) is 2.30. The van der Waals surface area contributed by atoms with Gasteiger partial charge in [0.2, 0.25) is 0 Å². The number of ether oxygens (including phenoxy) is 1. The van der Waals surface area contributed by atoms with Crippen molar-refractivity contribution >= 4 is 95.9 Å². The van der Waals surface area contributed by atoms with Crippen LogP contribution in [0.25, 0.3) is 6.08 Å². The van der Waals surface area contributed by atoms with Gasteiger partial charge in [-0.15, -0.1) is 0 Å². The Kier molecular flexibility index (Phi) is 8.48. The molecular formula is C25H16BrI2NO4S. The van der Waals surface area contributed by atoms with E-state index in [4.69, 9.17) is 4.74 Å². The van der Waals surface area contributed by atoms with Crippen LogP contribution in [0.5, 0.6) is 5.75 Å². The van der Waals surface area contributed by atoms with E-state index in [2.05, 4.69) is 61.1 Å². The average molecular weight is 760 g/mol. The average Bonchev–Trinajstić information content (AvgIpc) is 3.07. The van der Waals surface area contributed by atoms with Gasteiger partial charge in [-0.05, 0) is 98.4 Å². The minimum Gasteiger partial charge on any atom is -0.487 e. The van der Waals surface area contributed by atoms with Gasteiger partial charge in [0.05, 0.1) is 18.6 Å². The summed E-state index contributed by atoms with van der Waals surface area (Å²) in [5, 5.41) is -0.450. The Labute approximate surface area is 236 Å². The zero-order chi connectivity index (χ0) is 24.2. The third kappa shape index (κ3) is 6.10. The lowest BCUT2D eigenvalue weighted by Crippen LogP contribution is -2.33. The molecule has 1 aliphatic heterocycles. The molecule has 3 aromatic carbocycles. The Morgan fingerprint density at radius 3 is 2.29 bits per heavy atom. The summed E-state index contributed by atoms with van der Waals surface area (Å²) in [6.07, 6.45) is 1.68. The Bertz CT molecular complexity index is 1270. The maximum Gasteiger partial charge on any atom is 0.293 e. The molecule has 4 rings (SSSR count). The molecule has 0 atom stereocenters. The maximum absolute atomic E-state index is 12.9. The first kappa shape index (κ1) is 25.4. The lowest BCUT2D eigenvalue weighted by molar-refractivity contribution is -0.122. The molecule has 1 aliphatic rings. The Balaban J connectivity index is 1.48. The quantitative estimate of drug-likeness (QED) is 0.146. The monoisotopic (exact) mass is 759 g/mol. The third-order valence-corrected chi connectivity index (χ3v) is 7.92. The molecule has 2 amide bonds. The zero-order valence-corrected chi connectivity index (χ0v) is 24.2. The van der Waals surface area contributed by atoms with Crippen molar-refractivity contribution < 1.29 is 19.1 Å². The van der Waals surface area contributed by atoms with Crippen LogP contribution in [0.15, 0.2) is 76.1 Å². The second-order valence-electron chi connectivity index (χ2n) is 7.29. The summed E-state index contributed by atoms with van der Waals surface area (Å²) >= 11 is 8.57. The summed E-state index contributed by atoms with van der Waals surface area (Å²) in [6.45, 7) is 0.169. The van der Waals surface area contributed by atoms with Crippen LogP contribution in [0.1, 0.15) is 21.5 Å². The second kappa shape index (κ2) is 11.4. The highest BCUT2D eigenvalue weighted by atomic mass is 127. The van der Waals surface area contributed by atoms with Crippen LogP contribution in [-0.2, 0) is 11.4 Å². The topological polar surface area (TPSA) is 63.7 Å². The van der Waals surface area contributed by atoms with Crippen molar-refractivity contribution in [2.75, 3.05) is 6.54 Å². The molecule has 0 radical (unpaired) electrons. The molecular weight excluding hydrogens is 744 g/mol. The van der Waals surface area contributed by atoms with E-state index in [0.29, 0.717) is 12.2 Å². The smallest absolute Gasteiger partial charge is 0.293 e. The number of thioether (sulfide) groups is 1. The van der Waals surface area contributed by atoms with Gasteiger partial charge >= 0.3 is 0 Å². The van der Waals surface area contributed by atoms with Crippen LogP contribution in [0.4, 0.5) is 4.79 Å². The molecule has 5 nitrogen and oxygen atoms in total. The first-order valence-electron chi connectivity index (χ1n) is 10.0. The number of ketones is 1. The molecule has 0 saturated carbocycles. The van der Waals surface area contributed by atoms with E-state index in [1.54, 1.807) is 30.3 Å². The van der Waals surface area contributed by atoms with E-state index >= 15 is 0 Å². The third-order valence-electron chi connectivity index (χ3n) is 4.89. The van der Waals surface area contributed by atoms with Crippen LogP contribution in [0.3, 0.4) is 0 Å². The fraction of sp³-hybridized carbons (Fsp3) is 0.0800. The number of carbonyl (C=O) groups excluding carboxylic acids is 3. The largest absolute Gasteiger partial charge is 0.487 e. The molecule has 0 N–H and O–H groups in total. The number of amides is 2. The Hall–Kier alpha value is -1.70. The molecule has 1 heterocycles. The lowest BCUT2D eigenvalue weighted by atomic mass is 10.1. The van der Waals surface area contributed by atoms with Gasteiger partial charge in [0.15, 0.2) is 5.78 Å². The fourth-order valence-corrected chi connectivity index (χ4v) is 6.42. The second-order valence-corrected chi connectivity index (χ2v) is 11.5. The van der Waals surface area contributed by atoms with Crippen molar-refractivity contribution in [1.82, 2.24) is 4.90 Å². The highest BCUT2D eigenvalue weighted by Crippen LogP contribution is 2.35. The van der Waals surface area contributed by atoms with Crippen molar-refractivity contribution in [1.29, 1.82) is 0 Å². The standard InChI is InChI=1S/C25H16BrI2NO4S/c26-18-8-6-17(7-9-18)21(30)13-29-24(31)22(34-25(29)32)12-16-10-19(27)23(20(28)11-16)33-14-15-4-2-1-3-5-15/h1-12H,13-14H2/b22-12+. The Morgan fingerprint density at radius 2 is 1.65 bits per heavy atom. The van der Waals surface area contributed by atoms with E-state index in [-0.39, 0.29) is 17.2 Å². The summed E-state index contributed by atoms with van der Waals surface area (Å²) in [6, 6.07) is 20.5. The van der Waals surface area contributed by atoms with Gasteiger partial charge < -0.3 is 4.74 Å². The summed E-state index contributed by atoms with van der Waals surface area (Å²) in [5.74, 6) is 0.0188. The van der Waals surface area contributed by atoms with Crippen molar-refractivity contribution in [3.8, 4) is 5.75 Å². The van der Waals surface area contributed by atoms with Crippen LogP contribution in [-0.4, -0.2) is 28.4 Å². The van der Waals surface area contributed by atoms with Crippen LogP contribution < -0.4 is 4.74 Å². The number of carbonyl (C=O) groups is 3. The number of Topliss-reactive ketones (excluding diaryl/α,β-unsaturated/α-hetero) is 1. The molecule has 0 spiro atoms. The molecule has 0 aliphatic carbocycles. The van der Waals surface area contributed by atoms with E-state index < -0.39 is 11.1 Å². The van der Waals surface area contributed by atoms with Gasteiger partial charge in [-0.1, -0.05) is 58.4 Å². The normalized spacial score (nSPS) is 14.7.